The number of hydrogen-bond donors (Lipinski definition) is 2. The van der Waals surface area contributed by atoms with Crippen molar-refractivity contribution in [2.24, 2.45) is 5.92 Å². The average Bonchev–Trinajstić information content (AvgIpc) is 2.46. The van der Waals surface area contributed by atoms with E-state index in [1.165, 1.54) is 0 Å². The molecule has 3 heteroatoms. The Morgan fingerprint density at radius 2 is 2.06 bits per heavy atom. The number of carbonyl (C=O) groups excluding carboxylic acids is 1. The first-order valence-corrected chi connectivity index (χ1v) is 6.41. The molecule has 0 radical (unpaired) electrons. The number of nitrogens with one attached hydrogen (secondary N) is 1. The Hall–Kier alpha value is -1.61. The summed E-state index contributed by atoms with van der Waals surface area (Å²) in [6.45, 7) is 0.508. The highest BCUT2D eigenvalue weighted by Gasteiger charge is 2.18. The van der Waals surface area contributed by atoms with Gasteiger partial charge in [0.05, 0.1) is 6.61 Å². The Morgan fingerprint density at radius 3 is 2.72 bits per heavy atom. The van der Waals surface area contributed by atoms with E-state index in [0.29, 0.717) is 6.54 Å². The van der Waals surface area contributed by atoms with Gasteiger partial charge in [-0.3, -0.25) is 4.79 Å². The van der Waals surface area contributed by atoms with Crippen molar-refractivity contribution in [1.29, 1.82) is 0 Å². The molecule has 0 aromatic heterocycles. The molecule has 3 nitrogen and oxygen atoms in total. The SMILES string of the molecule is O=C(NCc1ccccc1CO)C1CC=CCC1. The molecular weight excluding hydrogens is 226 g/mol. The van der Waals surface area contributed by atoms with Crippen LogP contribution < -0.4 is 5.32 Å². The van der Waals surface area contributed by atoms with Crippen LogP contribution in [0.1, 0.15) is 30.4 Å². The van der Waals surface area contributed by atoms with E-state index in [0.717, 1.165) is 30.4 Å². The molecule has 1 aromatic rings. The Morgan fingerprint density at radius 1 is 1.28 bits per heavy atom. The summed E-state index contributed by atoms with van der Waals surface area (Å²) in [7, 11) is 0. The fraction of sp³-hybridized carbons (Fsp3) is 0.400. The standard InChI is InChI=1S/C15H19NO2/c17-11-14-9-5-4-8-13(14)10-16-15(18)12-6-2-1-3-7-12/h1-2,4-5,8-9,12,17H,3,6-7,10-11H2,(H,16,18). The van der Waals surface area contributed by atoms with Crippen molar-refractivity contribution in [1.82, 2.24) is 5.32 Å². The molecular formula is C15H19NO2. The van der Waals surface area contributed by atoms with Gasteiger partial charge in [0.15, 0.2) is 0 Å². The fourth-order valence-corrected chi connectivity index (χ4v) is 2.24. The number of aliphatic hydroxyl groups is 1. The molecule has 1 aliphatic rings. The highest BCUT2D eigenvalue weighted by Crippen LogP contribution is 2.18. The van der Waals surface area contributed by atoms with Gasteiger partial charge in [-0.1, -0.05) is 36.4 Å². The Bertz CT molecular complexity index is 440. The zero-order valence-electron chi connectivity index (χ0n) is 10.4. The first-order chi connectivity index (χ1) is 8.81. The van der Waals surface area contributed by atoms with E-state index >= 15 is 0 Å². The molecule has 0 saturated carbocycles. The van der Waals surface area contributed by atoms with Crippen molar-refractivity contribution >= 4 is 5.91 Å². The van der Waals surface area contributed by atoms with Crippen LogP contribution in [0.15, 0.2) is 36.4 Å². The van der Waals surface area contributed by atoms with Crippen LogP contribution in [0.4, 0.5) is 0 Å². The van der Waals surface area contributed by atoms with E-state index < -0.39 is 0 Å². The van der Waals surface area contributed by atoms with Crippen molar-refractivity contribution in [3.8, 4) is 0 Å². The van der Waals surface area contributed by atoms with E-state index in [1.807, 2.05) is 24.3 Å². The topological polar surface area (TPSA) is 49.3 Å². The maximum atomic E-state index is 12.0. The van der Waals surface area contributed by atoms with Crippen molar-refractivity contribution < 1.29 is 9.90 Å². The maximum absolute atomic E-state index is 12.0. The van der Waals surface area contributed by atoms with Crippen molar-refractivity contribution in [2.45, 2.75) is 32.4 Å². The molecule has 1 unspecified atom stereocenters. The Labute approximate surface area is 108 Å². The van der Waals surface area contributed by atoms with E-state index in [2.05, 4.69) is 17.5 Å². The van der Waals surface area contributed by atoms with Crippen molar-refractivity contribution in [3.63, 3.8) is 0 Å². The number of benzene rings is 1. The van der Waals surface area contributed by atoms with E-state index in [1.54, 1.807) is 0 Å². The summed E-state index contributed by atoms with van der Waals surface area (Å²) in [5.41, 5.74) is 1.86. The van der Waals surface area contributed by atoms with Gasteiger partial charge in [0, 0.05) is 12.5 Å². The second kappa shape index (κ2) is 6.36. The predicted molar refractivity (Wildman–Crippen MR) is 70.7 cm³/mol. The molecule has 2 rings (SSSR count). The Balaban J connectivity index is 1.90. The van der Waals surface area contributed by atoms with E-state index in [4.69, 9.17) is 0 Å². The first-order valence-electron chi connectivity index (χ1n) is 6.41. The number of aliphatic hydroxyl groups excluding tert-OH is 1. The lowest BCUT2D eigenvalue weighted by molar-refractivity contribution is -0.125. The minimum absolute atomic E-state index is 0.0121. The van der Waals surface area contributed by atoms with Gasteiger partial charge in [0.1, 0.15) is 0 Å². The van der Waals surface area contributed by atoms with Gasteiger partial charge >= 0.3 is 0 Å². The van der Waals surface area contributed by atoms with Crippen LogP contribution in [0.5, 0.6) is 0 Å². The Kier molecular flexibility index (Phi) is 4.53. The average molecular weight is 245 g/mol. The highest BCUT2D eigenvalue weighted by molar-refractivity contribution is 5.79. The number of hydrogen-bond acceptors (Lipinski definition) is 2. The lowest BCUT2D eigenvalue weighted by atomic mass is 9.93. The first kappa shape index (κ1) is 12.8. The third kappa shape index (κ3) is 3.20. The third-order valence-corrected chi connectivity index (χ3v) is 3.38. The van der Waals surface area contributed by atoms with Crippen molar-refractivity contribution in [3.05, 3.63) is 47.5 Å². The molecule has 2 N–H and O–H groups in total. The summed E-state index contributed by atoms with van der Waals surface area (Å²) in [5.74, 6) is 0.225. The summed E-state index contributed by atoms with van der Waals surface area (Å²) in [5, 5.41) is 12.2. The molecule has 0 heterocycles. The van der Waals surface area contributed by atoms with Crippen LogP contribution in [0.2, 0.25) is 0 Å². The minimum Gasteiger partial charge on any atom is -0.392 e. The minimum atomic E-state index is 0.0121. The fourth-order valence-electron chi connectivity index (χ4n) is 2.24. The molecule has 96 valence electrons. The van der Waals surface area contributed by atoms with E-state index in [9.17, 15) is 9.90 Å². The van der Waals surface area contributed by atoms with Gasteiger partial charge in [-0.2, -0.15) is 0 Å². The van der Waals surface area contributed by atoms with Crippen LogP contribution in [0.3, 0.4) is 0 Å². The zero-order chi connectivity index (χ0) is 12.8. The smallest absolute Gasteiger partial charge is 0.223 e. The molecule has 18 heavy (non-hydrogen) atoms. The maximum Gasteiger partial charge on any atom is 0.223 e. The second-order valence-electron chi connectivity index (χ2n) is 4.63. The third-order valence-electron chi connectivity index (χ3n) is 3.38. The zero-order valence-corrected chi connectivity index (χ0v) is 10.4. The van der Waals surface area contributed by atoms with Gasteiger partial charge in [-0.25, -0.2) is 0 Å². The normalized spacial score (nSPS) is 18.6. The largest absolute Gasteiger partial charge is 0.392 e. The number of rotatable bonds is 4. The number of allylic oxidation sites excluding steroid dienone is 2. The molecule has 0 spiro atoms. The van der Waals surface area contributed by atoms with Crippen LogP contribution in [0.25, 0.3) is 0 Å². The molecule has 0 aliphatic heterocycles. The van der Waals surface area contributed by atoms with Gasteiger partial charge < -0.3 is 10.4 Å². The molecule has 0 saturated heterocycles. The van der Waals surface area contributed by atoms with Gasteiger partial charge in [0.25, 0.3) is 0 Å². The summed E-state index contributed by atoms with van der Waals surface area (Å²) in [4.78, 5) is 12.0. The number of amides is 1. The van der Waals surface area contributed by atoms with Gasteiger partial charge in [-0.15, -0.1) is 0 Å². The summed E-state index contributed by atoms with van der Waals surface area (Å²) < 4.78 is 0. The number of carbonyl (C=O) groups is 1. The summed E-state index contributed by atoms with van der Waals surface area (Å²) in [6.07, 6.45) is 6.98. The van der Waals surface area contributed by atoms with Crippen molar-refractivity contribution in [2.75, 3.05) is 0 Å². The lowest BCUT2D eigenvalue weighted by Crippen LogP contribution is -2.31. The quantitative estimate of drug-likeness (QED) is 0.799. The summed E-state index contributed by atoms with van der Waals surface area (Å²) in [6, 6.07) is 7.63. The van der Waals surface area contributed by atoms with E-state index in [-0.39, 0.29) is 18.4 Å². The monoisotopic (exact) mass is 245 g/mol. The molecule has 1 amide bonds. The van der Waals surface area contributed by atoms with Crippen LogP contribution >= 0.6 is 0 Å². The molecule has 0 bridgehead atoms. The molecule has 1 atom stereocenters. The van der Waals surface area contributed by atoms with Gasteiger partial charge in [0.2, 0.25) is 5.91 Å². The second-order valence-corrected chi connectivity index (χ2v) is 4.63. The van der Waals surface area contributed by atoms with Gasteiger partial charge in [-0.05, 0) is 30.4 Å². The molecule has 1 aliphatic carbocycles. The lowest BCUT2D eigenvalue weighted by Gasteiger charge is -2.17. The van der Waals surface area contributed by atoms with Crippen LogP contribution in [-0.2, 0) is 17.9 Å². The van der Waals surface area contributed by atoms with Crippen LogP contribution in [0, 0.1) is 5.92 Å². The summed E-state index contributed by atoms with van der Waals surface area (Å²) >= 11 is 0. The predicted octanol–water partition coefficient (Wildman–Crippen LogP) is 2.15. The molecule has 0 fully saturated rings. The highest BCUT2D eigenvalue weighted by atomic mass is 16.3. The molecule has 1 aromatic carbocycles. The van der Waals surface area contributed by atoms with Crippen LogP contribution in [-0.4, -0.2) is 11.0 Å².